The van der Waals surface area contributed by atoms with E-state index < -0.39 is 12.6 Å². The molecule has 1 heterocycles. The summed E-state index contributed by atoms with van der Waals surface area (Å²) in [5, 5.41) is 7.37. The first-order valence-corrected chi connectivity index (χ1v) is 5.72. The zero-order valence-electron chi connectivity index (χ0n) is 10.1. The summed E-state index contributed by atoms with van der Waals surface area (Å²) in [7, 11) is 1.79. The van der Waals surface area contributed by atoms with E-state index in [0.717, 1.165) is 5.69 Å². The quantitative estimate of drug-likeness (QED) is 0.840. The molecule has 0 radical (unpaired) electrons. The van der Waals surface area contributed by atoms with Gasteiger partial charge in [0.2, 0.25) is 0 Å². The third-order valence-electron chi connectivity index (χ3n) is 2.49. The van der Waals surface area contributed by atoms with Crippen molar-refractivity contribution < 1.29 is 13.2 Å². The molecular weight excluding hydrogens is 231 g/mol. The number of aromatic nitrogens is 2. The smallest absolute Gasteiger partial charge is 0.309 e. The van der Waals surface area contributed by atoms with Gasteiger partial charge in [-0.1, -0.05) is 6.92 Å². The normalized spacial score (nSPS) is 13.9. The molecule has 0 aliphatic heterocycles. The highest BCUT2D eigenvalue weighted by Crippen LogP contribution is 2.25. The summed E-state index contributed by atoms with van der Waals surface area (Å²) >= 11 is 0. The molecule has 1 aromatic rings. The number of rotatable bonds is 6. The average Bonchev–Trinajstić information content (AvgIpc) is 2.62. The summed E-state index contributed by atoms with van der Waals surface area (Å²) in [6.45, 7) is 2.65. The maximum absolute atomic E-state index is 12.1. The van der Waals surface area contributed by atoms with Crippen LogP contribution in [0.4, 0.5) is 13.2 Å². The van der Waals surface area contributed by atoms with Gasteiger partial charge in [0.15, 0.2) is 0 Å². The van der Waals surface area contributed by atoms with Crippen LogP contribution in [-0.2, 0) is 7.05 Å². The maximum atomic E-state index is 12.1. The Morgan fingerprint density at radius 1 is 1.47 bits per heavy atom. The molecule has 6 heteroatoms. The van der Waals surface area contributed by atoms with E-state index in [1.807, 2.05) is 13.0 Å². The van der Waals surface area contributed by atoms with Crippen LogP contribution in [0.25, 0.3) is 0 Å². The lowest BCUT2D eigenvalue weighted by Crippen LogP contribution is -2.22. The number of aryl methyl sites for hydroxylation is 1. The molecule has 1 rings (SSSR count). The van der Waals surface area contributed by atoms with Gasteiger partial charge in [-0.15, -0.1) is 0 Å². The van der Waals surface area contributed by atoms with Crippen LogP contribution in [0.2, 0.25) is 0 Å². The van der Waals surface area contributed by atoms with Gasteiger partial charge in [0.1, 0.15) is 0 Å². The molecule has 0 saturated carbocycles. The van der Waals surface area contributed by atoms with Gasteiger partial charge in [0, 0.05) is 19.7 Å². The van der Waals surface area contributed by atoms with Crippen molar-refractivity contribution >= 4 is 0 Å². The molecule has 0 bridgehead atoms. The first-order chi connectivity index (χ1) is 7.92. The predicted octanol–water partition coefficient (Wildman–Crippen LogP) is 2.80. The van der Waals surface area contributed by atoms with Crippen LogP contribution in [0, 0.1) is 0 Å². The second kappa shape index (κ2) is 6.05. The molecule has 0 aromatic carbocycles. The van der Waals surface area contributed by atoms with Gasteiger partial charge in [-0.25, -0.2) is 0 Å². The number of halogens is 3. The fraction of sp³-hybridized carbons (Fsp3) is 0.727. The van der Waals surface area contributed by atoms with Gasteiger partial charge >= 0.3 is 6.18 Å². The van der Waals surface area contributed by atoms with Crippen molar-refractivity contribution in [3.05, 3.63) is 18.0 Å². The lowest BCUT2D eigenvalue weighted by Gasteiger charge is -2.16. The second-order valence-electron chi connectivity index (χ2n) is 4.03. The van der Waals surface area contributed by atoms with Crippen molar-refractivity contribution in [1.29, 1.82) is 0 Å². The largest absolute Gasteiger partial charge is 0.389 e. The second-order valence-corrected chi connectivity index (χ2v) is 4.03. The van der Waals surface area contributed by atoms with Crippen molar-refractivity contribution in [3.8, 4) is 0 Å². The van der Waals surface area contributed by atoms with Gasteiger partial charge in [0.05, 0.1) is 11.7 Å². The van der Waals surface area contributed by atoms with Gasteiger partial charge in [0.25, 0.3) is 0 Å². The molecule has 1 unspecified atom stereocenters. The summed E-state index contributed by atoms with van der Waals surface area (Å²) in [5.41, 5.74) is 0.802. The van der Waals surface area contributed by atoms with Crippen LogP contribution < -0.4 is 5.32 Å². The summed E-state index contributed by atoms with van der Waals surface area (Å²) < 4.78 is 37.8. The number of hydrogen-bond acceptors (Lipinski definition) is 2. The molecule has 1 atom stereocenters. The Labute approximate surface area is 99.0 Å². The highest BCUT2D eigenvalue weighted by Gasteiger charge is 2.27. The van der Waals surface area contributed by atoms with Crippen LogP contribution in [0.1, 0.15) is 37.9 Å². The van der Waals surface area contributed by atoms with E-state index in [-0.39, 0.29) is 12.5 Å². The Kier molecular flexibility index (Phi) is 4.99. The fourth-order valence-electron chi connectivity index (χ4n) is 1.73. The molecule has 0 aliphatic carbocycles. The third-order valence-corrected chi connectivity index (χ3v) is 2.49. The van der Waals surface area contributed by atoms with E-state index in [0.29, 0.717) is 13.0 Å². The highest BCUT2D eigenvalue weighted by atomic mass is 19.4. The van der Waals surface area contributed by atoms with Crippen LogP contribution in [-0.4, -0.2) is 22.5 Å². The van der Waals surface area contributed by atoms with Crippen LogP contribution in [0.15, 0.2) is 12.3 Å². The first kappa shape index (κ1) is 14.0. The minimum absolute atomic E-state index is 0.0939. The van der Waals surface area contributed by atoms with Gasteiger partial charge in [-0.3, -0.25) is 4.68 Å². The van der Waals surface area contributed by atoms with Crippen molar-refractivity contribution in [3.63, 3.8) is 0 Å². The van der Waals surface area contributed by atoms with Crippen molar-refractivity contribution in [2.75, 3.05) is 6.54 Å². The van der Waals surface area contributed by atoms with E-state index in [4.69, 9.17) is 0 Å². The predicted molar refractivity (Wildman–Crippen MR) is 59.5 cm³/mol. The molecule has 1 aromatic heterocycles. The third kappa shape index (κ3) is 5.21. The molecule has 17 heavy (non-hydrogen) atoms. The van der Waals surface area contributed by atoms with Gasteiger partial charge < -0.3 is 5.32 Å². The van der Waals surface area contributed by atoms with E-state index >= 15 is 0 Å². The van der Waals surface area contributed by atoms with Crippen molar-refractivity contribution in [2.24, 2.45) is 7.05 Å². The molecule has 3 nitrogen and oxygen atoms in total. The lowest BCUT2D eigenvalue weighted by atomic mass is 10.1. The lowest BCUT2D eigenvalue weighted by molar-refractivity contribution is -0.135. The minimum Gasteiger partial charge on any atom is -0.309 e. The molecule has 0 amide bonds. The summed E-state index contributed by atoms with van der Waals surface area (Å²) in [6, 6.07) is 1.74. The summed E-state index contributed by atoms with van der Waals surface area (Å²) in [5.74, 6) is 0. The minimum atomic E-state index is -4.07. The SMILES string of the molecule is CCNC(CCCC(F)(F)F)c1ccn(C)n1. The Hall–Kier alpha value is -1.04. The number of alkyl halides is 3. The molecule has 0 aliphatic rings. The Balaban J connectivity index is 2.49. The molecule has 98 valence electrons. The average molecular weight is 249 g/mol. The summed E-state index contributed by atoms with van der Waals surface area (Å²) in [6.07, 6.45) is -2.44. The van der Waals surface area contributed by atoms with E-state index in [1.165, 1.54) is 0 Å². The maximum Gasteiger partial charge on any atom is 0.389 e. The van der Waals surface area contributed by atoms with E-state index in [2.05, 4.69) is 10.4 Å². The molecule has 0 fully saturated rings. The number of hydrogen-bond donors (Lipinski definition) is 1. The van der Waals surface area contributed by atoms with Gasteiger partial charge in [-0.2, -0.15) is 18.3 Å². The van der Waals surface area contributed by atoms with Crippen LogP contribution in [0.3, 0.4) is 0 Å². The van der Waals surface area contributed by atoms with Crippen molar-refractivity contribution in [1.82, 2.24) is 15.1 Å². The molecule has 0 saturated heterocycles. The summed E-state index contributed by atoms with van der Waals surface area (Å²) in [4.78, 5) is 0. The Bertz CT molecular complexity index is 333. The first-order valence-electron chi connectivity index (χ1n) is 5.72. The molecule has 0 spiro atoms. The Morgan fingerprint density at radius 2 is 2.18 bits per heavy atom. The van der Waals surface area contributed by atoms with Crippen LogP contribution in [0.5, 0.6) is 0 Å². The zero-order valence-corrected chi connectivity index (χ0v) is 10.1. The van der Waals surface area contributed by atoms with Crippen LogP contribution >= 0.6 is 0 Å². The number of nitrogens with zero attached hydrogens (tertiary/aromatic N) is 2. The number of nitrogens with one attached hydrogen (secondary N) is 1. The highest BCUT2D eigenvalue weighted by molar-refractivity contribution is 5.05. The van der Waals surface area contributed by atoms with E-state index in [9.17, 15) is 13.2 Å². The monoisotopic (exact) mass is 249 g/mol. The Morgan fingerprint density at radius 3 is 2.65 bits per heavy atom. The topological polar surface area (TPSA) is 29.9 Å². The molecular formula is C11H18F3N3. The zero-order chi connectivity index (χ0) is 12.9. The van der Waals surface area contributed by atoms with Crippen molar-refractivity contribution in [2.45, 2.75) is 38.4 Å². The fourth-order valence-corrected chi connectivity index (χ4v) is 1.73. The molecule has 1 N–H and O–H groups in total. The standard InChI is InChI=1S/C11H18F3N3/c1-3-15-9(5-4-7-11(12,13)14)10-6-8-17(2)16-10/h6,8-9,15H,3-5,7H2,1-2H3. The van der Waals surface area contributed by atoms with E-state index in [1.54, 1.807) is 17.9 Å². The van der Waals surface area contributed by atoms with Gasteiger partial charge in [-0.05, 0) is 25.5 Å².